The molecule has 19 heavy (non-hydrogen) atoms. The lowest BCUT2D eigenvalue weighted by Crippen LogP contribution is -2.47. The van der Waals surface area contributed by atoms with Crippen LogP contribution in [0.4, 0.5) is 4.79 Å². The summed E-state index contributed by atoms with van der Waals surface area (Å²) in [5, 5.41) is 11.8. The van der Waals surface area contributed by atoms with E-state index in [1.165, 1.54) is 0 Å². The molecule has 0 saturated carbocycles. The monoisotopic (exact) mass is 271 g/mol. The van der Waals surface area contributed by atoms with E-state index in [2.05, 4.69) is 10.2 Å². The molecule has 6 heteroatoms. The van der Waals surface area contributed by atoms with Crippen LogP contribution in [-0.4, -0.2) is 67.2 Å². The van der Waals surface area contributed by atoms with Gasteiger partial charge in [0.15, 0.2) is 0 Å². The van der Waals surface area contributed by atoms with E-state index in [1.54, 1.807) is 4.90 Å². The molecule has 1 aliphatic heterocycles. The first kappa shape index (κ1) is 15.8. The molecule has 1 rings (SSSR count). The van der Waals surface area contributed by atoms with Crippen molar-refractivity contribution in [2.75, 3.05) is 40.3 Å². The molecule has 0 aromatic heterocycles. The Hall–Kier alpha value is -1.30. The standard InChI is InChI=1S/C13H25N3O3/c1-15(2)8-4-3-7-14-13(19)16-9-5-6-11(10-16)12(17)18/h11H,3-10H2,1-2H3,(H,14,19)(H,17,18)/t11-/m1/s1. The van der Waals surface area contributed by atoms with Gasteiger partial charge in [-0.1, -0.05) is 0 Å². The lowest BCUT2D eigenvalue weighted by atomic mass is 9.99. The average molecular weight is 271 g/mol. The summed E-state index contributed by atoms with van der Waals surface area (Å²) in [4.78, 5) is 26.5. The highest BCUT2D eigenvalue weighted by Gasteiger charge is 2.27. The van der Waals surface area contributed by atoms with E-state index in [9.17, 15) is 9.59 Å². The van der Waals surface area contributed by atoms with E-state index < -0.39 is 11.9 Å². The molecule has 1 fully saturated rings. The molecule has 0 aromatic carbocycles. The number of nitrogens with zero attached hydrogens (tertiary/aromatic N) is 2. The summed E-state index contributed by atoms with van der Waals surface area (Å²) in [6.45, 7) is 2.66. The molecule has 2 amide bonds. The minimum absolute atomic E-state index is 0.129. The van der Waals surface area contributed by atoms with Gasteiger partial charge >= 0.3 is 12.0 Å². The Morgan fingerprint density at radius 3 is 2.74 bits per heavy atom. The van der Waals surface area contributed by atoms with Gasteiger partial charge in [0.1, 0.15) is 0 Å². The number of piperidine rings is 1. The lowest BCUT2D eigenvalue weighted by Gasteiger charge is -2.30. The van der Waals surface area contributed by atoms with Gasteiger partial charge in [0.25, 0.3) is 0 Å². The summed E-state index contributed by atoms with van der Waals surface area (Å²) >= 11 is 0. The summed E-state index contributed by atoms with van der Waals surface area (Å²) < 4.78 is 0. The van der Waals surface area contributed by atoms with Crippen molar-refractivity contribution in [3.63, 3.8) is 0 Å². The predicted molar refractivity (Wildman–Crippen MR) is 73.1 cm³/mol. The van der Waals surface area contributed by atoms with Crippen LogP contribution in [0, 0.1) is 5.92 Å². The van der Waals surface area contributed by atoms with E-state index in [-0.39, 0.29) is 6.03 Å². The fourth-order valence-corrected chi connectivity index (χ4v) is 2.22. The molecule has 6 nitrogen and oxygen atoms in total. The Morgan fingerprint density at radius 1 is 1.37 bits per heavy atom. The van der Waals surface area contributed by atoms with Crippen LogP contribution in [0.2, 0.25) is 0 Å². The maximum absolute atomic E-state index is 11.9. The Morgan fingerprint density at radius 2 is 2.11 bits per heavy atom. The van der Waals surface area contributed by atoms with Crippen molar-refractivity contribution in [3.8, 4) is 0 Å². The highest BCUT2D eigenvalue weighted by atomic mass is 16.4. The van der Waals surface area contributed by atoms with E-state index >= 15 is 0 Å². The van der Waals surface area contributed by atoms with Gasteiger partial charge in [0.05, 0.1) is 5.92 Å². The topological polar surface area (TPSA) is 72.9 Å². The number of nitrogens with one attached hydrogen (secondary N) is 1. The molecular weight excluding hydrogens is 246 g/mol. The summed E-state index contributed by atoms with van der Waals surface area (Å²) in [6, 6.07) is -0.129. The van der Waals surface area contributed by atoms with Gasteiger partial charge < -0.3 is 20.2 Å². The fraction of sp³-hybridized carbons (Fsp3) is 0.846. The predicted octanol–water partition coefficient (Wildman–Crippen LogP) is 0.834. The number of amides is 2. The van der Waals surface area contributed by atoms with Gasteiger partial charge in [-0.3, -0.25) is 4.79 Å². The summed E-state index contributed by atoms with van der Waals surface area (Å²) in [5.74, 6) is -1.21. The zero-order valence-corrected chi connectivity index (χ0v) is 11.9. The molecule has 0 unspecified atom stereocenters. The SMILES string of the molecule is CN(C)CCCCNC(=O)N1CCC[C@@H](C(=O)O)C1. The second-order valence-corrected chi connectivity index (χ2v) is 5.37. The summed E-state index contributed by atoms with van der Waals surface area (Å²) in [6.07, 6.45) is 3.43. The maximum Gasteiger partial charge on any atom is 0.317 e. The summed E-state index contributed by atoms with van der Waals surface area (Å²) in [5.41, 5.74) is 0. The Bertz CT molecular complexity index is 308. The number of carboxylic acid groups (broad SMARTS) is 1. The molecule has 1 saturated heterocycles. The highest BCUT2D eigenvalue weighted by molar-refractivity contribution is 5.76. The molecule has 0 spiro atoms. The highest BCUT2D eigenvalue weighted by Crippen LogP contribution is 2.16. The van der Waals surface area contributed by atoms with E-state index in [1.807, 2.05) is 14.1 Å². The number of rotatable bonds is 6. The number of urea groups is 1. The van der Waals surface area contributed by atoms with Gasteiger partial charge in [-0.05, 0) is 46.3 Å². The van der Waals surface area contributed by atoms with Crippen LogP contribution in [-0.2, 0) is 4.79 Å². The van der Waals surface area contributed by atoms with Gasteiger partial charge in [-0.25, -0.2) is 4.79 Å². The second kappa shape index (κ2) is 7.99. The number of likely N-dealkylation sites (tertiary alicyclic amines) is 1. The van der Waals surface area contributed by atoms with Gasteiger partial charge in [0.2, 0.25) is 0 Å². The van der Waals surface area contributed by atoms with Gasteiger partial charge in [-0.2, -0.15) is 0 Å². The normalized spacial score (nSPS) is 19.5. The van der Waals surface area contributed by atoms with E-state index in [0.717, 1.165) is 25.8 Å². The Kier molecular flexibility index (Phi) is 6.62. The molecular formula is C13H25N3O3. The third-order valence-corrected chi connectivity index (χ3v) is 3.37. The van der Waals surface area contributed by atoms with Crippen LogP contribution in [0.5, 0.6) is 0 Å². The first-order valence-corrected chi connectivity index (χ1v) is 6.91. The van der Waals surface area contributed by atoms with Crippen LogP contribution < -0.4 is 5.32 Å². The van der Waals surface area contributed by atoms with Crippen molar-refractivity contribution in [1.82, 2.24) is 15.1 Å². The number of hydrogen-bond acceptors (Lipinski definition) is 3. The van der Waals surface area contributed by atoms with Crippen molar-refractivity contribution in [2.24, 2.45) is 5.92 Å². The van der Waals surface area contributed by atoms with Crippen molar-refractivity contribution in [2.45, 2.75) is 25.7 Å². The van der Waals surface area contributed by atoms with Crippen LogP contribution in [0.15, 0.2) is 0 Å². The summed E-state index contributed by atoms with van der Waals surface area (Å²) in [7, 11) is 4.05. The zero-order chi connectivity index (χ0) is 14.3. The minimum atomic E-state index is -0.802. The molecule has 0 radical (unpaired) electrons. The number of unbranched alkanes of at least 4 members (excludes halogenated alkanes) is 1. The maximum atomic E-state index is 11.9. The molecule has 0 aliphatic carbocycles. The van der Waals surface area contributed by atoms with E-state index in [4.69, 9.17) is 5.11 Å². The van der Waals surface area contributed by atoms with Crippen LogP contribution in [0.1, 0.15) is 25.7 Å². The fourth-order valence-electron chi connectivity index (χ4n) is 2.22. The van der Waals surface area contributed by atoms with Crippen LogP contribution in [0.25, 0.3) is 0 Å². The number of aliphatic carboxylic acids is 1. The number of carbonyl (C=O) groups excluding carboxylic acids is 1. The molecule has 0 bridgehead atoms. The Balaban J connectivity index is 2.20. The number of hydrogen-bond donors (Lipinski definition) is 2. The number of carbonyl (C=O) groups is 2. The first-order valence-electron chi connectivity index (χ1n) is 6.91. The quantitative estimate of drug-likeness (QED) is 0.702. The second-order valence-electron chi connectivity index (χ2n) is 5.37. The molecule has 1 heterocycles. The third-order valence-electron chi connectivity index (χ3n) is 3.37. The Labute approximate surface area is 114 Å². The zero-order valence-electron chi connectivity index (χ0n) is 11.9. The smallest absolute Gasteiger partial charge is 0.317 e. The van der Waals surface area contributed by atoms with Crippen molar-refractivity contribution < 1.29 is 14.7 Å². The van der Waals surface area contributed by atoms with Crippen molar-refractivity contribution in [3.05, 3.63) is 0 Å². The van der Waals surface area contributed by atoms with Crippen molar-refractivity contribution >= 4 is 12.0 Å². The molecule has 110 valence electrons. The van der Waals surface area contributed by atoms with Crippen molar-refractivity contribution in [1.29, 1.82) is 0 Å². The van der Waals surface area contributed by atoms with Crippen LogP contribution >= 0.6 is 0 Å². The number of carboxylic acids is 1. The van der Waals surface area contributed by atoms with E-state index in [0.29, 0.717) is 26.1 Å². The molecule has 1 aliphatic rings. The van der Waals surface area contributed by atoms with Crippen LogP contribution in [0.3, 0.4) is 0 Å². The molecule has 0 aromatic rings. The molecule has 2 N–H and O–H groups in total. The van der Waals surface area contributed by atoms with Gasteiger partial charge in [0, 0.05) is 19.6 Å². The largest absolute Gasteiger partial charge is 0.481 e. The third kappa shape index (κ3) is 5.92. The first-order chi connectivity index (χ1) is 9.00. The molecule has 1 atom stereocenters. The lowest BCUT2D eigenvalue weighted by molar-refractivity contribution is -0.143. The minimum Gasteiger partial charge on any atom is -0.481 e. The van der Waals surface area contributed by atoms with Gasteiger partial charge in [-0.15, -0.1) is 0 Å². The average Bonchev–Trinajstić information content (AvgIpc) is 2.37.